The molecule has 106 valence electrons. The lowest BCUT2D eigenvalue weighted by Crippen LogP contribution is -2.51. The van der Waals surface area contributed by atoms with Crippen molar-refractivity contribution in [3.05, 3.63) is 28.2 Å². The maximum Gasteiger partial charge on any atom is 0.324 e. The van der Waals surface area contributed by atoms with Crippen LogP contribution in [0.5, 0.6) is 0 Å². The molecule has 0 saturated heterocycles. The quantitative estimate of drug-likeness (QED) is 0.747. The monoisotopic (exact) mass is 321 g/mol. The summed E-state index contributed by atoms with van der Waals surface area (Å²) >= 11 is 13.4. The largest absolute Gasteiger partial charge is 0.480 e. The Kier molecular flexibility index (Phi) is 6.47. The molecule has 1 aromatic rings. The maximum atomic E-state index is 11.4. The van der Waals surface area contributed by atoms with Crippen LogP contribution in [0.4, 0.5) is 0 Å². The number of carbonyl (C=O) groups is 1. The van der Waals surface area contributed by atoms with Crippen molar-refractivity contribution in [1.29, 1.82) is 0 Å². The first-order chi connectivity index (χ1) is 8.89. The van der Waals surface area contributed by atoms with Crippen LogP contribution in [0, 0.1) is 0 Å². The second kappa shape index (κ2) is 7.39. The van der Waals surface area contributed by atoms with Gasteiger partial charge in [-0.25, -0.2) is 0 Å². The summed E-state index contributed by atoms with van der Waals surface area (Å²) < 4.78 is 0. The molecule has 0 heterocycles. The predicted octanol–water partition coefficient (Wildman–Crippen LogP) is 3.93. The highest BCUT2D eigenvalue weighted by Crippen LogP contribution is 2.31. The number of hydrogen-bond donors (Lipinski definition) is 2. The molecule has 0 radical (unpaired) electrons. The summed E-state index contributed by atoms with van der Waals surface area (Å²) in [6.07, 6.45) is 0.880. The van der Waals surface area contributed by atoms with Crippen molar-refractivity contribution in [3.8, 4) is 0 Å². The minimum Gasteiger partial charge on any atom is -0.480 e. The first-order valence-corrected chi connectivity index (χ1v) is 7.69. The SMILES string of the molecule is CCCNC(C)(CSc1cc(Cl)ccc1Cl)C(=O)O. The van der Waals surface area contributed by atoms with Gasteiger partial charge in [-0.1, -0.05) is 30.1 Å². The number of carboxylic acid groups (broad SMARTS) is 1. The standard InChI is InChI=1S/C13H17Cl2NO2S/c1-3-6-16-13(2,12(17)18)8-19-11-7-9(14)4-5-10(11)15/h4-5,7,16H,3,6,8H2,1-2H3,(H,17,18). The molecule has 0 aliphatic rings. The van der Waals surface area contributed by atoms with E-state index < -0.39 is 11.5 Å². The van der Waals surface area contributed by atoms with Crippen LogP contribution in [0.1, 0.15) is 20.3 Å². The Hall–Kier alpha value is -0.420. The van der Waals surface area contributed by atoms with Crippen molar-refractivity contribution in [2.45, 2.75) is 30.7 Å². The number of aliphatic carboxylic acids is 1. The molecule has 1 rings (SSSR count). The Balaban J connectivity index is 2.76. The second-order valence-electron chi connectivity index (χ2n) is 4.43. The normalized spacial score (nSPS) is 14.1. The molecule has 0 aromatic heterocycles. The molecular weight excluding hydrogens is 305 g/mol. The molecule has 1 unspecified atom stereocenters. The van der Waals surface area contributed by atoms with Gasteiger partial charge in [0.2, 0.25) is 0 Å². The van der Waals surface area contributed by atoms with Crippen LogP contribution in [0.15, 0.2) is 23.1 Å². The summed E-state index contributed by atoms with van der Waals surface area (Å²) in [7, 11) is 0. The van der Waals surface area contributed by atoms with Crippen LogP contribution in [-0.2, 0) is 4.79 Å². The summed E-state index contributed by atoms with van der Waals surface area (Å²) in [5, 5.41) is 13.5. The Morgan fingerprint density at radius 3 is 2.74 bits per heavy atom. The molecule has 1 aromatic carbocycles. The van der Waals surface area contributed by atoms with Crippen molar-refractivity contribution in [2.75, 3.05) is 12.3 Å². The lowest BCUT2D eigenvalue weighted by Gasteiger charge is -2.26. The summed E-state index contributed by atoms with van der Waals surface area (Å²) in [5.41, 5.74) is -0.980. The van der Waals surface area contributed by atoms with E-state index in [0.29, 0.717) is 22.3 Å². The molecule has 0 saturated carbocycles. The number of hydrogen-bond acceptors (Lipinski definition) is 3. The lowest BCUT2D eigenvalue weighted by molar-refractivity contribution is -0.143. The highest BCUT2D eigenvalue weighted by Gasteiger charge is 2.32. The number of carboxylic acids is 1. The average molecular weight is 322 g/mol. The molecule has 0 spiro atoms. The summed E-state index contributed by atoms with van der Waals surface area (Å²) in [6, 6.07) is 5.17. The smallest absolute Gasteiger partial charge is 0.324 e. The van der Waals surface area contributed by atoms with E-state index in [1.165, 1.54) is 11.8 Å². The van der Waals surface area contributed by atoms with Gasteiger partial charge in [-0.05, 0) is 38.1 Å². The minimum atomic E-state index is -0.980. The van der Waals surface area contributed by atoms with Crippen LogP contribution < -0.4 is 5.32 Å². The number of rotatable bonds is 7. The summed E-state index contributed by atoms with van der Waals surface area (Å²) in [6.45, 7) is 4.33. The van der Waals surface area contributed by atoms with Gasteiger partial charge in [0, 0.05) is 15.7 Å². The van der Waals surface area contributed by atoms with E-state index in [-0.39, 0.29) is 0 Å². The maximum absolute atomic E-state index is 11.4. The van der Waals surface area contributed by atoms with E-state index in [1.807, 2.05) is 6.92 Å². The Morgan fingerprint density at radius 2 is 2.16 bits per heavy atom. The van der Waals surface area contributed by atoms with E-state index >= 15 is 0 Å². The average Bonchev–Trinajstić information content (AvgIpc) is 2.37. The first-order valence-electron chi connectivity index (χ1n) is 5.95. The third-order valence-corrected chi connectivity index (χ3v) is 4.69. The molecule has 0 bridgehead atoms. The molecular formula is C13H17Cl2NO2S. The topological polar surface area (TPSA) is 49.3 Å². The van der Waals surface area contributed by atoms with Gasteiger partial charge in [-0.15, -0.1) is 11.8 Å². The van der Waals surface area contributed by atoms with E-state index in [0.717, 1.165) is 11.3 Å². The molecule has 0 fully saturated rings. The van der Waals surface area contributed by atoms with Gasteiger partial charge in [0.05, 0.1) is 5.02 Å². The lowest BCUT2D eigenvalue weighted by atomic mass is 10.1. The van der Waals surface area contributed by atoms with Crippen LogP contribution >= 0.6 is 35.0 Å². The van der Waals surface area contributed by atoms with E-state index in [4.69, 9.17) is 23.2 Å². The van der Waals surface area contributed by atoms with E-state index in [2.05, 4.69) is 5.32 Å². The zero-order chi connectivity index (χ0) is 14.5. The van der Waals surface area contributed by atoms with Gasteiger partial charge >= 0.3 is 5.97 Å². The van der Waals surface area contributed by atoms with Crippen molar-refractivity contribution in [1.82, 2.24) is 5.32 Å². The van der Waals surface area contributed by atoms with Crippen LogP contribution in [0.2, 0.25) is 10.0 Å². The highest BCUT2D eigenvalue weighted by atomic mass is 35.5. The summed E-state index contributed by atoms with van der Waals surface area (Å²) in [5.74, 6) is -0.492. The zero-order valence-electron chi connectivity index (χ0n) is 10.9. The van der Waals surface area contributed by atoms with Crippen molar-refractivity contribution in [2.24, 2.45) is 0 Å². The van der Waals surface area contributed by atoms with Gasteiger partial charge in [-0.2, -0.15) is 0 Å². The summed E-state index contributed by atoms with van der Waals surface area (Å²) in [4.78, 5) is 12.2. The molecule has 1 atom stereocenters. The zero-order valence-corrected chi connectivity index (χ0v) is 13.2. The van der Waals surface area contributed by atoms with E-state index in [9.17, 15) is 9.90 Å². The third kappa shape index (κ3) is 4.88. The first kappa shape index (κ1) is 16.6. The third-order valence-electron chi connectivity index (χ3n) is 2.65. The van der Waals surface area contributed by atoms with Gasteiger partial charge in [-0.3, -0.25) is 4.79 Å². The number of halogens is 2. The van der Waals surface area contributed by atoms with Crippen LogP contribution in [0.3, 0.4) is 0 Å². The number of thioether (sulfide) groups is 1. The Bertz CT molecular complexity index is 456. The Morgan fingerprint density at radius 1 is 1.47 bits per heavy atom. The van der Waals surface area contributed by atoms with Crippen molar-refractivity contribution >= 4 is 40.9 Å². The van der Waals surface area contributed by atoms with Gasteiger partial charge in [0.1, 0.15) is 5.54 Å². The number of nitrogens with one attached hydrogen (secondary N) is 1. The van der Waals surface area contributed by atoms with Gasteiger partial charge in [0.25, 0.3) is 0 Å². The molecule has 3 nitrogen and oxygen atoms in total. The van der Waals surface area contributed by atoms with Crippen molar-refractivity contribution in [3.63, 3.8) is 0 Å². The molecule has 19 heavy (non-hydrogen) atoms. The van der Waals surface area contributed by atoms with Gasteiger partial charge in [0.15, 0.2) is 0 Å². The molecule has 0 aliphatic carbocycles. The Labute approximate surface area is 127 Å². The molecule has 0 aliphatic heterocycles. The van der Waals surface area contributed by atoms with Gasteiger partial charge < -0.3 is 10.4 Å². The van der Waals surface area contributed by atoms with Crippen LogP contribution in [-0.4, -0.2) is 28.9 Å². The predicted molar refractivity (Wildman–Crippen MR) is 81.5 cm³/mol. The highest BCUT2D eigenvalue weighted by molar-refractivity contribution is 7.99. The molecule has 2 N–H and O–H groups in total. The second-order valence-corrected chi connectivity index (χ2v) is 6.29. The van der Waals surface area contributed by atoms with E-state index in [1.54, 1.807) is 25.1 Å². The molecule has 0 amide bonds. The number of benzene rings is 1. The van der Waals surface area contributed by atoms with Crippen molar-refractivity contribution < 1.29 is 9.90 Å². The fraction of sp³-hybridized carbons (Fsp3) is 0.462. The molecule has 6 heteroatoms. The fourth-order valence-corrected chi connectivity index (χ4v) is 3.00. The van der Waals surface area contributed by atoms with Crippen LogP contribution in [0.25, 0.3) is 0 Å². The minimum absolute atomic E-state index is 0.377. The fourth-order valence-electron chi connectivity index (χ4n) is 1.40.